The fourth-order valence-electron chi connectivity index (χ4n) is 1.77. The molecule has 5 heteroatoms. The van der Waals surface area contributed by atoms with Crippen molar-refractivity contribution in [2.45, 2.75) is 43.7 Å². The summed E-state index contributed by atoms with van der Waals surface area (Å²) in [5, 5.41) is 9.41. The van der Waals surface area contributed by atoms with Crippen LogP contribution in [-0.4, -0.2) is 22.7 Å². The Morgan fingerprint density at radius 1 is 1.31 bits per heavy atom. The molecule has 1 amide bonds. The van der Waals surface area contributed by atoms with Crippen LogP contribution in [-0.2, 0) is 4.79 Å². The summed E-state index contributed by atoms with van der Waals surface area (Å²) in [6.45, 7) is 0. The second-order valence-electron chi connectivity index (χ2n) is 3.60. The van der Waals surface area contributed by atoms with E-state index >= 15 is 0 Å². The van der Waals surface area contributed by atoms with Gasteiger partial charge in [0.25, 0.3) is 0 Å². The van der Waals surface area contributed by atoms with E-state index in [-0.39, 0.29) is 12.4 Å². The molecular weight excluding hydrogens is 192 g/mol. The molecule has 0 heterocycles. The Bertz CT molecular complexity index is 181. The molecule has 1 rings (SSSR count). The van der Waals surface area contributed by atoms with Crippen LogP contribution in [0.1, 0.15) is 32.1 Å². The van der Waals surface area contributed by atoms with Crippen molar-refractivity contribution in [2.24, 2.45) is 11.5 Å². The Kier molecular flexibility index (Phi) is 4.67. The van der Waals surface area contributed by atoms with Gasteiger partial charge >= 0.3 is 0 Å². The normalized spacial score (nSPS) is 22.9. The van der Waals surface area contributed by atoms with Gasteiger partial charge in [0.1, 0.15) is 6.10 Å². The highest BCUT2D eigenvalue weighted by atomic mass is 35.5. The van der Waals surface area contributed by atoms with Gasteiger partial charge in [-0.05, 0) is 12.8 Å². The SMILES string of the molecule is Cl.NC(=O)C(O)C1(N)CCCCC1. The summed E-state index contributed by atoms with van der Waals surface area (Å²) in [6, 6.07) is 0. The topological polar surface area (TPSA) is 89.3 Å². The van der Waals surface area contributed by atoms with E-state index in [1.807, 2.05) is 0 Å². The summed E-state index contributed by atoms with van der Waals surface area (Å²) < 4.78 is 0. The second kappa shape index (κ2) is 4.79. The number of rotatable bonds is 2. The fourth-order valence-corrected chi connectivity index (χ4v) is 1.77. The first-order valence-electron chi connectivity index (χ1n) is 4.32. The third-order valence-electron chi connectivity index (χ3n) is 2.60. The third kappa shape index (κ3) is 2.83. The number of hydrogen-bond acceptors (Lipinski definition) is 3. The number of amides is 1. The molecule has 78 valence electrons. The van der Waals surface area contributed by atoms with Gasteiger partial charge in [-0.15, -0.1) is 12.4 Å². The van der Waals surface area contributed by atoms with Gasteiger partial charge in [-0.1, -0.05) is 19.3 Å². The average Bonchev–Trinajstić information content (AvgIpc) is 2.04. The molecule has 5 N–H and O–H groups in total. The molecule has 0 bridgehead atoms. The van der Waals surface area contributed by atoms with Crippen LogP contribution in [0, 0.1) is 0 Å². The molecule has 0 aromatic heterocycles. The number of aliphatic hydroxyl groups excluding tert-OH is 1. The van der Waals surface area contributed by atoms with Gasteiger partial charge < -0.3 is 16.6 Å². The molecule has 4 nitrogen and oxygen atoms in total. The van der Waals surface area contributed by atoms with Crippen LogP contribution in [0.3, 0.4) is 0 Å². The van der Waals surface area contributed by atoms with E-state index in [0.29, 0.717) is 12.8 Å². The molecule has 1 aliphatic carbocycles. The first-order valence-corrected chi connectivity index (χ1v) is 4.32. The van der Waals surface area contributed by atoms with Crippen molar-refractivity contribution in [2.75, 3.05) is 0 Å². The number of nitrogens with two attached hydrogens (primary N) is 2. The smallest absolute Gasteiger partial charge is 0.248 e. The van der Waals surface area contributed by atoms with E-state index in [1.54, 1.807) is 0 Å². The zero-order valence-electron chi connectivity index (χ0n) is 7.53. The number of hydrogen-bond donors (Lipinski definition) is 3. The summed E-state index contributed by atoms with van der Waals surface area (Å²) in [6.07, 6.45) is 3.28. The van der Waals surface area contributed by atoms with Crippen molar-refractivity contribution < 1.29 is 9.90 Å². The standard InChI is InChI=1S/C8H16N2O2.ClH/c9-7(12)6(11)8(10)4-2-1-3-5-8;/h6,11H,1-5,10H2,(H2,9,12);1H. The van der Waals surface area contributed by atoms with Crippen molar-refractivity contribution >= 4 is 18.3 Å². The van der Waals surface area contributed by atoms with Gasteiger partial charge in [0, 0.05) is 0 Å². The van der Waals surface area contributed by atoms with E-state index in [9.17, 15) is 9.90 Å². The third-order valence-corrected chi connectivity index (χ3v) is 2.60. The molecule has 13 heavy (non-hydrogen) atoms. The molecular formula is C8H17ClN2O2. The lowest BCUT2D eigenvalue weighted by Crippen LogP contribution is -2.57. The number of halogens is 1. The van der Waals surface area contributed by atoms with E-state index in [0.717, 1.165) is 19.3 Å². The lowest BCUT2D eigenvalue weighted by molar-refractivity contribution is -0.130. The molecule has 0 aromatic carbocycles. The minimum atomic E-state index is -1.18. The number of aliphatic hydroxyl groups is 1. The Labute approximate surface area is 84.1 Å². The highest BCUT2D eigenvalue weighted by molar-refractivity contribution is 5.85. The molecule has 0 saturated heterocycles. The molecule has 1 fully saturated rings. The van der Waals surface area contributed by atoms with E-state index in [1.165, 1.54) is 0 Å². The number of carbonyl (C=O) groups excluding carboxylic acids is 1. The van der Waals surface area contributed by atoms with Crippen LogP contribution in [0.15, 0.2) is 0 Å². The average molecular weight is 209 g/mol. The van der Waals surface area contributed by atoms with E-state index < -0.39 is 17.6 Å². The maximum atomic E-state index is 10.7. The van der Waals surface area contributed by atoms with Crippen LogP contribution >= 0.6 is 12.4 Å². The highest BCUT2D eigenvalue weighted by Crippen LogP contribution is 2.28. The van der Waals surface area contributed by atoms with E-state index in [2.05, 4.69) is 0 Å². The van der Waals surface area contributed by atoms with Crippen LogP contribution in [0.4, 0.5) is 0 Å². The maximum absolute atomic E-state index is 10.7. The van der Waals surface area contributed by atoms with Gasteiger partial charge in [-0.25, -0.2) is 0 Å². The Hall–Kier alpha value is -0.320. The second-order valence-corrected chi connectivity index (χ2v) is 3.60. The van der Waals surface area contributed by atoms with Crippen LogP contribution in [0.5, 0.6) is 0 Å². The minimum absolute atomic E-state index is 0. The Balaban J connectivity index is 0.00000144. The monoisotopic (exact) mass is 208 g/mol. The zero-order valence-corrected chi connectivity index (χ0v) is 8.35. The quantitative estimate of drug-likeness (QED) is 0.593. The van der Waals surface area contributed by atoms with Crippen molar-refractivity contribution in [3.05, 3.63) is 0 Å². The predicted octanol–water partition coefficient (Wildman–Crippen LogP) is -0.0840. The molecule has 1 saturated carbocycles. The van der Waals surface area contributed by atoms with Crippen molar-refractivity contribution in [3.8, 4) is 0 Å². The summed E-state index contributed by atoms with van der Waals surface area (Å²) >= 11 is 0. The Morgan fingerprint density at radius 3 is 2.15 bits per heavy atom. The van der Waals surface area contributed by atoms with Gasteiger partial charge in [-0.3, -0.25) is 4.79 Å². The summed E-state index contributed by atoms with van der Waals surface area (Å²) in [7, 11) is 0. The largest absolute Gasteiger partial charge is 0.381 e. The predicted molar refractivity (Wildman–Crippen MR) is 52.5 cm³/mol. The number of primary amides is 1. The van der Waals surface area contributed by atoms with E-state index in [4.69, 9.17) is 11.5 Å². The molecule has 0 aromatic rings. The summed E-state index contributed by atoms with van der Waals surface area (Å²) in [4.78, 5) is 10.7. The van der Waals surface area contributed by atoms with Gasteiger partial charge in [0.15, 0.2) is 0 Å². The lowest BCUT2D eigenvalue weighted by atomic mass is 9.78. The minimum Gasteiger partial charge on any atom is -0.381 e. The van der Waals surface area contributed by atoms with Crippen molar-refractivity contribution in [3.63, 3.8) is 0 Å². The van der Waals surface area contributed by atoms with Crippen molar-refractivity contribution in [1.82, 2.24) is 0 Å². The summed E-state index contributed by atoms with van der Waals surface area (Å²) in [5.41, 5.74) is 10.1. The molecule has 1 atom stereocenters. The first kappa shape index (κ1) is 12.7. The zero-order chi connectivity index (χ0) is 9.19. The molecule has 0 radical (unpaired) electrons. The molecule has 1 aliphatic rings. The van der Waals surface area contributed by atoms with Crippen LogP contribution in [0.25, 0.3) is 0 Å². The van der Waals surface area contributed by atoms with Gasteiger partial charge in [-0.2, -0.15) is 0 Å². The van der Waals surface area contributed by atoms with Gasteiger partial charge in [0.2, 0.25) is 5.91 Å². The van der Waals surface area contributed by atoms with Crippen LogP contribution in [0.2, 0.25) is 0 Å². The maximum Gasteiger partial charge on any atom is 0.248 e. The van der Waals surface area contributed by atoms with Gasteiger partial charge in [0.05, 0.1) is 5.54 Å². The Morgan fingerprint density at radius 2 is 1.77 bits per heavy atom. The number of carbonyl (C=O) groups is 1. The summed E-state index contributed by atoms with van der Waals surface area (Å²) in [5.74, 6) is -0.709. The van der Waals surface area contributed by atoms with Crippen LogP contribution < -0.4 is 11.5 Å². The fraction of sp³-hybridized carbons (Fsp3) is 0.875. The molecule has 1 unspecified atom stereocenters. The molecule has 0 aliphatic heterocycles. The molecule has 0 spiro atoms. The lowest BCUT2D eigenvalue weighted by Gasteiger charge is -2.35. The highest BCUT2D eigenvalue weighted by Gasteiger charge is 2.38. The van der Waals surface area contributed by atoms with Crippen molar-refractivity contribution in [1.29, 1.82) is 0 Å². The first-order chi connectivity index (χ1) is 5.56.